The molecule has 2 aromatic rings. The van der Waals surface area contributed by atoms with Gasteiger partial charge in [-0.05, 0) is 23.8 Å². The van der Waals surface area contributed by atoms with Crippen LogP contribution in [0.5, 0.6) is 0 Å². The van der Waals surface area contributed by atoms with Crippen LogP contribution in [0.1, 0.15) is 24.3 Å². The number of nitrogens with zero attached hydrogens (tertiary/aromatic N) is 2. The molecule has 3 N–H and O–H groups in total. The average molecular weight is 494 g/mol. The van der Waals surface area contributed by atoms with E-state index in [-0.39, 0.29) is 12.4 Å². The molecule has 10 nitrogen and oxygen atoms in total. The zero-order chi connectivity index (χ0) is 23.1. The molecule has 0 saturated carbocycles. The Bertz CT molecular complexity index is 1100. The van der Waals surface area contributed by atoms with Gasteiger partial charge in [-0.15, -0.1) is 0 Å². The summed E-state index contributed by atoms with van der Waals surface area (Å²) < 4.78 is 57.8. The fraction of sp³-hybridized carbons (Fsp3) is 0.444. The maximum Gasteiger partial charge on any atom is 0.434 e. The summed E-state index contributed by atoms with van der Waals surface area (Å²) in [5.74, 6) is -4.08. The van der Waals surface area contributed by atoms with Crippen LogP contribution in [0.2, 0.25) is 5.02 Å². The van der Waals surface area contributed by atoms with Gasteiger partial charge in [0.05, 0.1) is 19.3 Å². The van der Waals surface area contributed by atoms with Crippen LogP contribution < -0.4 is 10.8 Å². The molecular weight excluding hydrogens is 475 g/mol. The lowest BCUT2D eigenvalue weighted by Crippen LogP contribution is -2.41. The summed E-state index contributed by atoms with van der Waals surface area (Å²) in [6, 6.07) is 7.92. The van der Waals surface area contributed by atoms with Crippen molar-refractivity contribution in [1.29, 1.82) is 0 Å². The smallest absolute Gasteiger partial charge is 0.394 e. The number of aliphatic hydroxyl groups excluding tert-OH is 2. The van der Waals surface area contributed by atoms with Crippen molar-refractivity contribution < 1.29 is 37.3 Å². The highest BCUT2D eigenvalue weighted by molar-refractivity contribution is 7.55. The van der Waals surface area contributed by atoms with Crippen molar-refractivity contribution in [2.45, 2.75) is 36.9 Å². The van der Waals surface area contributed by atoms with Crippen LogP contribution in [-0.2, 0) is 18.3 Å². The van der Waals surface area contributed by atoms with Gasteiger partial charge in [0, 0.05) is 17.6 Å². The molecule has 174 valence electrons. The number of hydrogen-bond donors (Lipinski definition) is 3. The summed E-state index contributed by atoms with van der Waals surface area (Å²) in [6.07, 6.45) is -5.29. The van der Waals surface area contributed by atoms with Gasteiger partial charge in [0.25, 0.3) is 0 Å². The normalized spacial score (nSPS) is 32.0. The number of aliphatic hydroxyl groups is 2. The van der Waals surface area contributed by atoms with Crippen LogP contribution >= 0.6 is 19.3 Å². The number of hydrogen-bond acceptors (Lipinski definition) is 8. The molecule has 4 rings (SSSR count). The predicted octanol–water partition coefficient (Wildman–Crippen LogP) is 2.48. The van der Waals surface area contributed by atoms with Crippen molar-refractivity contribution in [1.82, 2.24) is 9.55 Å². The van der Waals surface area contributed by atoms with Gasteiger partial charge in [-0.2, -0.15) is 13.8 Å². The fourth-order valence-electron chi connectivity index (χ4n) is 3.44. The summed E-state index contributed by atoms with van der Waals surface area (Å²) in [5, 5.41) is 21.6. The topological polar surface area (TPSA) is 132 Å². The Kier molecular flexibility index (Phi) is 6.38. The Labute approximate surface area is 185 Å². The molecule has 0 radical (unpaired) electrons. The van der Waals surface area contributed by atoms with Gasteiger partial charge in [0.15, 0.2) is 6.10 Å². The second-order valence-corrected chi connectivity index (χ2v) is 9.34. The molecular formula is C18H19ClF2N3O7P. The number of halogens is 3. The van der Waals surface area contributed by atoms with Gasteiger partial charge in [-0.3, -0.25) is 18.7 Å². The van der Waals surface area contributed by atoms with Crippen LogP contribution in [0.3, 0.4) is 0 Å². The second-order valence-electron chi connectivity index (χ2n) is 7.21. The van der Waals surface area contributed by atoms with Crippen molar-refractivity contribution in [2.24, 2.45) is 0 Å². The van der Waals surface area contributed by atoms with Gasteiger partial charge in [-0.1, -0.05) is 23.7 Å². The number of nitrogens with one attached hydrogen (secondary N) is 1. The second kappa shape index (κ2) is 8.79. The molecule has 2 fully saturated rings. The van der Waals surface area contributed by atoms with Gasteiger partial charge < -0.3 is 14.9 Å². The number of ether oxygens (including phenoxy) is 1. The summed E-state index contributed by atoms with van der Waals surface area (Å²) in [5.41, 5.74) is -0.482. The number of benzene rings is 1. The molecule has 1 aromatic heterocycles. The minimum absolute atomic E-state index is 0.0844. The maximum atomic E-state index is 14.3. The van der Waals surface area contributed by atoms with Crippen LogP contribution in [0, 0.1) is 0 Å². The van der Waals surface area contributed by atoms with E-state index in [1.54, 1.807) is 24.3 Å². The third kappa shape index (κ3) is 4.44. The van der Waals surface area contributed by atoms with E-state index in [2.05, 4.69) is 10.1 Å². The van der Waals surface area contributed by atoms with Crippen molar-refractivity contribution in [3.8, 4) is 0 Å². The number of alkyl halides is 2. The minimum atomic E-state index is -3.94. The lowest BCUT2D eigenvalue weighted by atomic mass is 10.1. The Hall–Kier alpha value is -1.92. The van der Waals surface area contributed by atoms with Gasteiger partial charge >= 0.3 is 19.4 Å². The highest BCUT2D eigenvalue weighted by Gasteiger charge is 2.59. The first-order valence-electron chi connectivity index (χ1n) is 9.51. The largest absolute Gasteiger partial charge is 0.434 e. The Morgan fingerprint density at radius 3 is 2.81 bits per heavy atom. The summed E-state index contributed by atoms with van der Waals surface area (Å²) >= 11 is 5.99. The quantitative estimate of drug-likeness (QED) is 0.537. The Morgan fingerprint density at radius 2 is 2.16 bits per heavy atom. The molecule has 0 amide bonds. The van der Waals surface area contributed by atoms with Gasteiger partial charge in [-0.25, -0.2) is 9.36 Å². The zero-order valence-corrected chi connectivity index (χ0v) is 18.0. The number of rotatable bonds is 5. The van der Waals surface area contributed by atoms with Crippen molar-refractivity contribution in [2.75, 3.05) is 18.3 Å². The van der Waals surface area contributed by atoms with Gasteiger partial charge in [0.1, 0.15) is 11.9 Å². The first kappa shape index (κ1) is 23.2. The SMILES string of the molecule is O=c1nc(N[P@@]2(=O)OCC[C@@H](c3cccc(Cl)c3)O2)ccn1[C@@H]1O[C@H](CO)[C@H](O)C1(F)F. The Balaban J connectivity index is 1.52. The lowest BCUT2D eigenvalue weighted by Gasteiger charge is -2.30. The molecule has 2 saturated heterocycles. The average Bonchev–Trinajstić information content (AvgIpc) is 2.97. The molecule has 14 heteroatoms. The van der Waals surface area contributed by atoms with Crippen molar-refractivity contribution in [3.05, 3.63) is 57.6 Å². The number of aromatic nitrogens is 2. The third-order valence-electron chi connectivity index (χ3n) is 5.02. The van der Waals surface area contributed by atoms with E-state index in [1.807, 2.05) is 0 Å². The fourth-order valence-corrected chi connectivity index (χ4v) is 5.13. The van der Waals surface area contributed by atoms with E-state index in [0.717, 1.165) is 12.3 Å². The van der Waals surface area contributed by atoms with E-state index in [4.69, 9.17) is 30.5 Å². The van der Waals surface area contributed by atoms with Crippen LogP contribution in [-0.4, -0.2) is 51.1 Å². The van der Waals surface area contributed by atoms with Crippen molar-refractivity contribution in [3.63, 3.8) is 0 Å². The first-order chi connectivity index (χ1) is 15.1. The van der Waals surface area contributed by atoms with E-state index in [0.29, 0.717) is 21.6 Å². The molecule has 3 heterocycles. The van der Waals surface area contributed by atoms with E-state index < -0.39 is 50.5 Å². The molecule has 0 aliphatic carbocycles. The maximum absolute atomic E-state index is 14.3. The highest BCUT2D eigenvalue weighted by atomic mass is 35.5. The summed E-state index contributed by atoms with van der Waals surface area (Å²) in [7, 11) is -3.94. The molecule has 0 bridgehead atoms. The van der Waals surface area contributed by atoms with Crippen LogP contribution in [0.4, 0.5) is 14.6 Å². The standard InChI is InChI=1S/C18H19ClF2N3O7P/c19-11-3-1-2-10(8-11)12-5-7-29-32(28,31-12)23-14-4-6-24(17(27)22-14)16-18(20,21)15(26)13(9-25)30-16/h1-4,6,8,12-13,15-16,25-26H,5,7,9H2,(H,22,23,27,28)/t12-,13+,15-,16+,32+/m0/s1. The third-order valence-corrected chi connectivity index (χ3v) is 6.81. The predicted molar refractivity (Wildman–Crippen MR) is 108 cm³/mol. The zero-order valence-electron chi connectivity index (χ0n) is 16.3. The summed E-state index contributed by atoms with van der Waals surface area (Å²) in [6.45, 7) is -0.776. The first-order valence-corrected chi connectivity index (χ1v) is 11.4. The van der Waals surface area contributed by atoms with Crippen LogP contribution in [0.15, 0.2) is 41.3 Å². The minimum Gasteiger partial charge on any atom is -0.394 e. The molecule has 2 aliphatic rings. The molecule has 32 heavy (non-hydrogen) atoms. The monoisotopic (exact) mass is 493 g/mol. The molecule has 5 atom stereocenters. The van der Waals surface area contributed by atoms with Gasteiger partial charge in [0.2, 0.25) is 6.23 Å². The summed E-state index contributed by atoms with van der Waals surface area (Å²) in [4.78, 5) is 16.0. The molecule has 0 unspecified atom stereocenters. The van der Waals surface area contributed by atoms with Crippen molar-refractivity contribution >= 4 is 25.2 Å². The molecule has 1 aromatic carbocycles. The highest BCUT2D eigenvalue weighted by Crippen LogP contribution is 2.55. The lowest BCUT2D eigenvalue weighted by molar-refractivity contribution is -0.140. The molecule has 2 aliphatic heterocycles. The Morgan fingerprint density at radius 1 is 1.38 bits per heavy atom. The van der Waals surface area contributed by atoms with E-state index in [9.17, 15) is 23.2 Å². The molecule has 0 spiro atoms. The van der Waals surface area contributed by atoms with E-state index in [1.165, 1.54) is 0 Å². The van der Waals surface area contributed by atoms with E-state index >= 15 is 0 Å². The number of anilines is 1. The van der Waals surface area contributed by atoms with Crippen LogP contribution in [0.25, 0.3) is 0 Å².